The molecule has 0 fully saturated rings. The molecule has 0 spiro atoms. The molecule has 0 aliphatic rings. The number of benzene rings is 3. The van der Waals surface area contributed by atoms with Gasteiger partial charge >= 0.3 is 0 Å². The molecule has 0 unspecified atom stereocenters. The average Bonchev–Trinajstić information content (AvgIpc) is 2.75. The van der Waals surface area contributed by atoms with Crippen LogP contribution in [0.4, 0.5) is 0 Å². The van der Waals surface area contributed by atoms with Crippen molar-refractivity contribution in [2.45, 2.75) is 15.5 Å². The Morgan fingerprint density at radius 2 is 1.57 bits per heavy atom. The average molecular weight is 405 g/mol. The first-order valence-corrected chi connectivity index (χ1v) is 10.9. The van der Waals surface area contributed by atoms with Crippen LogP contribution in [-0.2, 0) is 5.75 Å². The van der Waals surface area contributed by atoms with Gasteiger partial charge < -0.3 is 5.32 Å². The fourth-order valence-electron chi connectivity index (χ4n) is 2.61. The van der Waals surface area contributed by atoms with E-state index in [0.29, 0.717) is 17.7 Å². The summed E-state index contributed by atoms with van der Waals surface area (Å²) in [5.41, 5.74) is 2.53. The zero-order valence-corrected chi connectivity index (χ0v) is 16.9. The predicted molar refractivity (Wildman–Crippen MR) is 117 cm³/mol. The SMILES string of the molecule is N#Cc1ccccc1Sc1ccccc1C(=O)NCCSCc1ccccc1. The number of nitrogens with zero attached hydrogens (tertiary/aromatic N) is 1. The Balaban J connectivity index is 1.56. The standard InChI is InChI=1S/C23H20N2OS2/c24-16-19-10-4-6-12-21(19)28-22-13-7-5-11-20(22)23(26)25-14-15-27-17-18-8-2-1-3-9-18/h1-13H,14-15,17H2,(H,25,26). The maximum Gasteiger partial charge on any atom is 0.252 e. The summed E-state index contributed by atoms with van der Waals surface area (Å²) in [7, 11) is 0. The molecule has 0 aliphatic carbocycles. The molecule has 0 aliphatic heterocycles. The fourth-order valence-corrected chi connectivity index (χ4v) is 4.45. The summed E-state index contributed by atoms with van der Waals surface area (Å²) in [5.74, 6) is 1.71. The van der Waals surface area contributed by atoms with Crippen LogP contribution in [0.2, 0.25) is 0 Å². The Kier molecular flexibility index (Phi) is 7.60. The fraction of sp³-hybridized carbons (Fsp3) is 0.130. The molecule has 0 radical (unpaired) electrons. The van der Waals surface area contributed by atoms with Crippen molar-refractivity contribution >= 4 is 29.4 Å². The number of nitrogens with one attached hydrogen (secondary N) is 1. The zero-order chi connectivity index (χ0) is 19.6. The van der Waals surface area contributed by atoms with E-state index in [1.165, 1.54) is 17.3 Å². The van der Waals surface area contributed by atoms with E-state index in [9.17, 15) is 10.1 Å². The van der Waals surface area contributed by atoms with Crippen LogP contribution in [0.25, 0.3) is 0 Å². The van der Waals surface area contributed by atoms with Gasteiger partial charge in [-0.2, -0.15) is 17.0 Å². The summed E-state index contributed by atoms with van der Waals surface area (Å²) in [4.78, 5) is 14.3. The minimum Gasteiger partial charge on any atom is -0.351 e. The van der Waals surface area contributed by atoms with Crippen molar-refractivity contribution in [2.75, 3.05) is 12.3 Å². The van der Waals surface area contributed by atoms with Gasteiger partial charge in [-0.25, -0.2) is 0 Å². The van der Waals surface area contributed by atoms with Gasteiger partial charge in [-0.3, -0.25) is 4.79 Å². The highest BCUT2D eigenvalue weighted by atomic mass is 32.2. The van der Waals surface area contributed by atoms with Gasteiger partial charge in [-0.05, 0) is 29.8 Å². The van der Waals surface area contributed by atoms with Gasteiger partial charge in [-0.1, -0.05) is 66.4 Å². The van der Waals surface area contributed by atoms with E-state index in [1.807, 2.05) is 60.7 Å². The molecule has 3 rings (SSSR count). The lowest BCUT2D eigenvalue weighted by Crippen LogP contribution is -2.26. The second-order valence-corrected chi connectivity index (χ2v) is 8.19. The second kappa shape index (κ2) is 10.6. The zero-order valence-electron chi connectivity index (χ0n) is 15.3. The van der Waals surface area contributed by atoms with Gasteiger partial charge in [0.1, 0.15) is 6.07 Å². The van der Waals surface area contributed by atoms with Crippen LogP contribution in [0.1, 0.15) is 21.5 Å². The molecule has 5 heteroatoms. The lowest BCUT2D eigenvalue weighted by Gasteiger charge is -2.10. The lowest BCUT2D eigenvalue weighted by atomic mass is 10.2. The van der Waals surface area contributed by atoms with E-state index in [2.05, 4.69) is 23.5 Å². The number of carbonyl (C=O) groups is 1. The van der Waals surface area contributed by atoms with E-state index in [-0.39, 0.29) is 5.91 Å². The summed E-state index contributed by atoms with van der Waals surface area (Å²) in [6.45, 7) is 0.615. The van der Waals surface area contributed by atoms with Crippen molar-refractivity contribution < 1.29 is 4.79 Å². The van der Waals surface area contributed by atoms with Crippen molar-refractivity contribution in [3.8, 4) is 6.07 Å². The number of nitriles is 1. The summed E-state index contributed by atoms with van der Waals surface area (Å²) < 4.78 is 0. The Bertz CT molecular complexity index is 968. The summed E-state index contributed by atoms with van der Waals surface area (Å²) >= 11 is 3.25. The molecule has 3 nitrogen and oxygen atoms in total. The molecular formula is C23H20N2OS2. The summed E-state index contributed by atoms with van der Waals surface area (Å²) in [6, 6.07) is 27.4. The van der Waals surface area contributed by atoms with E-state index >= 15 is 0 Å². The minimum atomic E-state index is -0.0853. The Labute approximate surface area is 174 Å². The first-order chi connectivity index (χ1) is 13.8. The van der Waals surface area contributed by atoms with Crippen LogP contribution in [0.3, 0.4) is 0 Å². The highest BCUT2D eigenvalue weighted by Crippen LogP contribution is 2.32. The van der Waals surface area contributed by atoms with Crippen LogP contribution < -0.4 is 5.32 Å². The van der Waals surface area contributed by atoms with E-state index in [0.717, 1.165) is 21.3 Å². The van der Waals surface area contributed by atoms with Crippen molar-refractivity contribution in [2.24, 2.45) is 0 Å². The molecule has 0 heterocycles. The van der Waals surface area contributed by atoms with E-state index in [4.69, 9.17) is 0 Å². The molecule has 28 heavy (non-hydrogen) atoms. The minimum absolute atomic E-state index is 0.0853. The molecule has 0 bridgehead atoms. The number of amides is 1. The van der Waals surface area contributed by atoms with Crippen LogP contribution in [0.15, 0.2) is 88.7 Å². The van der Waals surface area contributed by atoms with Crippen LogP contribution in [0, 0.1) is 11.3 Å². The van der Waals surface area contributed by atoms with Crippen LogP contribution in [0.5, 0.6) is 0 Å². The number of hydrogen-bond donors (Lipinski definition) is 1. The first-order valence-electron chi connectivity index (χ1n) is 8.94. The quantitative estimate of drug-likeness (QED) is 0.513. The molecule has 1 amide bonds. The largest absolute Gasteiger partial charge is 0.351 e. The second-order valence-electron chi connectivity index (χ2n) is 6.00. The van der Waals surface area contributed by atoms with E-state index in [1.54, 1.807) is 17.8 Å². The van der Waals surface area contributed by atoms with Crippen LogP contribution in [-0.4, -0.2) is 18.2 Å². The molecular weight excluding hydrogens is 384 g/mol. The van der Waals surface area contributed by atoms with Crippen molar-refractivity contribution in [1.82, 2.24) is 5.32 Å². The number of thioether (sulfide) groups is 1. The Hall–Kier alpha value is -2.68. The molecule has 140 valence electrons. The van der Waals surface area contributed by atoms with Crippen molar-refractivity contribution in [3.63, 3.8) is 0 Å². The number of carbonyl (C=O) groups excluding carboxylic acids is 1. The van der Waals surface area contributed by atoms with Gasteiger partial charge in [0.2, 0.25) is 0 Å². The molecule has 0 saturated heterocycles. The molecule has 0 aromatic heterocycles. The highest BCUT2D eigenvalue weighted by Gasteiger charge is 2.13. The Morgan fingerprint density at radius 1 is 0.893 bits per heavy atom. The maximum absolute atomic E-state index is 12.6. The third-order valence-corrected chi connectivity index (χ3v) is 6.18. The normalized spacial score (nSPS) is 10.2. The number of rotatable bonds is 8. The van der Waals surface area contributed by atoms with Gasteiger partial charge in [0.25, 0.3) is 5.91 Å². The van der Waals surface area contributed by atoms with Gasteiger partial charge in [0.05, 0.1) is 11.1 Å². The smallest absolute Gasteiger partial charge is 0.252 e. The maximum atomic E-state index is 12.6. The Morgan fingerprint density at radius 3 is 2.36 bits per heavy atom. The molecule has 0 atom stereocenters. The van der Waals surface area contributed by atoms with Gasteiger partial charge in [-0.15, -0.1) is 0 Å². The highest BCUT2D eigenvalue weighted by molar-refractivity contribution is 7.99. The topological polar surface area (TPSA) is 52.9 Å². The van der Waals surface area contributed by atoms with Crippen molar-refractivity contribution in [1.29, 1.82) is 5.26 Å². The van der Waals surface area contributed by atoms with Crippen LogP contribution >= 0.6 is 23.5 Å². The van der Waals surface area contributed by atoms with Crippen molar-refractivity contribution in [3.05, 3.63) is 95.6 Å². The van der Waals surface area contributed by atoms with Gasteiger partial charge in [0, 0.05) is 27.8 Å². The van der Waals surface area contributed by atoms with E-state index < -0.39 is 0 Å². The third-order valence-electron chi connectivity index (χ3n) is 4.00. The van der Waals surface area contributed by atoms with Gasteiger partial charge in [0.15, 0.2) is 0 Å². The molecule has 3 aromatic rings. The predicted octanol–water partition coefficient (Wildman–Crippen LogP) is 5.37. The molecule has 1 N–H and O–H groups in total. The first kappa shape index (κ1) is 20.1. The number of hydrogen-bond acceptors (Lipinski definition) is 4. The molecule has 0 saturated carbocycles. The summed E-state index contributed by atoms with van der Waals surface area (Å²) in [5, 5.41) is 12.3. The lowest BCUT2D eigenvalue weighted by molar-refractivity contribution is 0.0953. The summed E-state index contributed by atoms with van der Waals surface area (Å²) in [6.07, 6.45) is 0. The molecule has 3 aromatic carbocycles. The monoisotopic (exact) mass is 404 g/mol. The third kappa shape index (κ3) is 5.66.